The first kappa shape index (κ1) is 14.3. The maximum absolute atomic E-state index is 11.5. The lowest BCUT2D eigenvalue weighted by atomic mass is 10.1. The van der Waals surface area contributed by atoms with Crippen LogP contribution in [0.3, 0.4) is 0 Å². The summed E-state index contributed by atoms with van der Waals surface area (Å²) in [5.41, 5.74) is 0. The Balaban J connectivity index is 3.92. The van der Waals surface area contributed by atoms with Crippen molar-refractivity contribution in [3.05, 3.63) is 12.8 Å². The molecule has 0 fully saturated rings. The number of carbonyl (C=O) groups excluding carboxylic acids is 2. The van der Waals surface area contributed by atoms with Crippen LogP contribution in [0, 0.1) is 0 Å². The van der Waals surface area contributed by atoms with E-state index in [0.717, 1.165) is 12.8 Å². The van der Waals surface area contributed by atoms with Crippen molar-refractivity contribution in [2.75, 3.05) is 6.54 Å². The zero-order valence-corrected chi connectivity index (χ0v) is 9.61. The number of likely N-dealkylation sites (N-methyl/N-ethyl adjacent to an activating group) is 1. The van der Waals surface area contributed by atoms with Gasteiger partial charge in [-0.15, -0.1) is 0 Å². The summed E-state index contributed by atoms with van der Waals surface area (Å²) in [4.78, 5) is 25.6. The average molecular weight is 225 g/mol. The highest BCUT2D eigenvalue weighted by atomic mass is 16.2. The fourth-order valence-corrected chi connectivity index (χ4v) is 1.23. The Morgan fingerprint density at radius 3 is 2.88 bits per heavy atom. The molecule has 0 rings (SSSR count). The van der Waals surface area contributed by atoms with E-state index in [-0.39, 0.29) is 5.91 Å². The molecule has 0 spiro atoms. The van der Waals surface area contributed by atoms with Gasteiger partial charge in [0.2, 0.25) is 12.3 Å². The molecule has 0 saturated heterocycles. The molecular weight excluding hydrogens is 206 g/mol. The maximum atomic E-state index is 11.5. The molecule has 5 heteroatoms. The van der Waals surface area contributed by atoms with Gasteiger partial charge in [0.1, 0.15) is 6.04 Å². The van der Waals surface area contributed by atoms with Gasteiger partial charge in [0.15, 0.2) is 0 Å². The lowest BCUT2D eigenvalue weighted by Crippen LogP contribution is -2.43. The van der Waals surface area contributed by atoms with E-state index in [1.54, 1.807) is 6.21 Å². The molecule has 0 radical (unpaired) electrons. The van der Waals surface area contributed by atoms with Gasteiger partial charge in [-0.25, -0.2) is 0 Å². The fourth-order valence-electron chi connectivity index (χ4n) is 1.23. The number of rotatable bonds is 9. The van der Waals surface area contributed by atoms with Crippen molar-refractivity contribution in [3.63, 3.8) is 0 Å². The Labute approximate surface area is 96.0 Å². The van der Waals surface area contributed by atoms with E-state index in [2.05, 4.69) is 22.2 Å². The van der Waals surface area contributed by atoms with Crippen LogP contribution in [0.5, 0.6) is 0 Å². The van der Waals surface area contributed by atoms with E-state index in [1.165, 1.54) is 6.20 Å². The largest absolute Gasteiger partial charge is 0.355 e. The molecule has 0 aliphatic heterocycles. The number of aliphatic imine (C=N–C) groups is 1. The summed E-state index contributed by atoms with van der Waals surface area (Å²) in [7, 11) is 0. The molecule has 0 aromatic rings. The van der Waals surface area contributed by atoms with Crippen LogP contribution >= 0.6 is 0 Å². The van der Waals surface area contributed by atoms with E-state index in [0.29, 0.717) is 19.4 Å². The maximum Gasteiger partial charge on any atom is 0.242 e. The summed E-state index contributed by atoms with van der Waals surface area (Å²) in [5.74, 6) is -0.143. The van der Waals surface area contributed by atoms with Gasteiger partial charge in [-0.1, -0.05) is 6.58 Å². The van der Waals surface area contributed by atoms with E-state index in [4.69, 9.17) is 0 Å². The second kappa shape index (κ2) is 9.89. The third kappa shape index (κ3) is 6.75. The normalized spacial score (nSPS) is 12.1. The van der Waals surface area contributed by atoms with E-state index >= 15 is 0 Å². The summed E-state index contributed by atoms with van der Waals surface area (Å²) >= 11 is 0. The van der Waals surface area contributed by atoms with Crippen molar-refractivity contribution in [2.45, 2.75) is 32.2 Å². The van der Waals surface area contributed by atoms with Gasteiger partial charge in [0.25, 0.3) is 0 Å². The van der Waals surface area contributed by atoms with Gasteiger partial charge in [-0.2, -0.15) is 0 Å². The Hall–Kier alpha value is -1.65. The minimum Gasteiger partial charge on any atom is -0.355 e. The molecule has 0 aromatic heterocycles. The van der Waals surface area contributed by atoms with Crippen LogP contribution in [0.2, 0.25) is 0 Å². The standard InChI is InChI=1S/C11H19N3O2/c1-3-12-8-6-5-7-10(14-9-15)11(16)13-4-2/h3,8-10H,1,4-7H2,2H3,(H,13,16)(H,14,15)/t10-/m0/s1. The highest BCUT2D eigenvalue weighted by Gasteiger charge is 2.15. The molecule has 2 amide bonds. The van der Waals surface area contributed by atoms with Crippen LogP contribution in [-0.4, -0.2) is 31.1 Å². The molecule has 0 heterocycles. The number of nitrogens with one attached hydrogen (secondary N) is 2. The summed E-state index contributed by atoms with van der Waals surface area (Å²) in [6, 6.07) is -0.449. The highest BCUT2D eigenvalue weighted by molar-refractivity contribution is 5.83. The predicted octanol–water partition coefficient (Wildman–Crippen LogP) is 0.622. The Bertz CT molecular complexity index is 252. The van der Waals surface area contributed by atoms with E-state index in [9.17, 15) is 9.59 Å². The van der Waals surface area contributed by atoms with Gasteiger partial charge < -0.3 is 10.6 Å². The first-order valence-electron chi connectivity index (χ1n) is 5.36. The van der Waals surface area contributed by atoms with Gasteiger partial charge >= 0.3 is 0 Å². The van der Waals surface area contributed by atoms with Crippen LogP contribution in [-0.2, 0) is 9.59 Å². The smallest absolute Gasteiger partial charge is 0.242 e. The Kier molecular flexibility index (Phi) is 8.87. The zero-order chi connectivity index (χ0) is 12.2. The number of hydrogen-bond donors (Lipinski definition) is 2. The monoisotopic (exact) mass is 225 g/mol. The minimum absolute atomic E-state index is 0.143. The number of amides is 2. The third-order valence-electron chi connectivity index (χ3n) is 1.97. The number of hydrogen-bond acceptors (Lipinski definition) is 3. The first-order chi connectivity index (χ1) is 7.76. The first-order valence-corrected chi connectivity index (χ1v) is 5.36. The molecule has 0 saturated carbocycles. The van der Waals surface area contributed by atoms with Gasteiger partial charge in [-0.05, 0) is 26.2 Å². The summed E-state index contributed by atoms with van der Waals surface area (Å²) in [5, 5.41) is 5.17. The van der Waals surface area contributed by atoms with Crippen molar-refractivity contribution in [1.82, 2.24) is 10.6 Å². The lowest BCUT2D eigenvalue weighted by molar-refractivity contribution is -0.125. The van der Waals surface area contributed by atoms with Crippen molar-refractivity contribution < 1.29 is 9.59 Å². The average Bonchev–Trinajstić information content (AvgIpc) is 2.27. The summed E-state index contributed by atoms with van der Waals surface area (Å²) in [6.07, 6.45) is 5.92. The second-order valence-corrected chi connectivity index (χ2v) is 3.18. The lowest BCUT2D eigenvalue weighted by Gasteiger charge is -2.14. The third-order valence-corrected chi connectivity index (χ3v) is 1.97. The number of unbranched alkanes of at least 4 members (excludes halogenated alkanes) is 1. The molecule has 0 aliphatic rings. The zero-order valence-electron chi connectivity index (χ0n) is 9.61. The van der Waals surface area contributed by atoms with Gasteiger partial charge in [0.05, 0.1) is 0 Å². The molecule has 2 N–H and O–H groups in total. The van der Waals surface area contributed by atoms with Crippen LogP contribution in [0.4, 0.5) is 0 Å². The molecule has 0 unspecified atom stereocenters. The molecule has 0 bridgehead atoms. The molecule has 0 aromatic carbocycles. The van der Waals surface area contributed by atoms with Crippen LogP contribution in [0.25, 0.3) is 0 Å². The molecule has 0 aliphatic carbocycles. The highest BCUT2D eigenvalue weighted by Crippen LogP contribution is 1.99. The van der Waals surface area contributed by atoms with Crippen LogP contribution in [0.1, 0.15) is 26.2 Å². The quantitative estimate of drug-likeness (QED) is 0.343. The number of carbonyl (C=O) groups is 2. The van der Waals surface area contributed by atoms with Crippen molar-refractivity contribution >= 4 is 18.5 Å². The Morgan fingerprint density at radius 2 is 2.31 bits per heavy atom. The Morgan fingerprint density at radius 1 is 1.56 bits per heavy atom. The van der Waals surface area contributed by atoms with Crippen LogP contribution in [0.15, 0.2) is 17.8 Å². The minimum atomic E-state index is -0.449. The van der Waals surface area contributed by atoms with E-state index < -0.39 is 6.04 Å². The summed E-state index contributed by atoms with van der Waals surface area (Å²) < 4.78 is 0. The molecule has 5 nitrogen and oxygen atoms in total. The van der Waals surface area contributed by atoms with Crippen molar-refractivity contribution in [1.29, 1.82) is 0 Å². The molecule has 90 valence electrons. The topological polar surface area (TPSA) is 70.6 Å². The SMILES string of the molecule is C=CN=CCCC[C@H](NC=O)C(=O)NCC. The van der Waals surface area contributed by atoms with Crippen LogP contribution < -0.4 is 10.6 Å². The molecule has 1 atom stereocenters. The van der Waals surface area contributed by atoms with Gasteiger partial charge in [0, 0.05) is 19.0 Å². The molecule has 16 heavy (non-hydrogen) atoms. The van der Waals surface area contributed by atoms with E-state index in [1.807, 2.05) is 6.92 Å². The molecular formula is C11H19N3O2. The summed E-state index contributed by atoms with van der Waals surface area (Å²) in [6.45, 7) is 5.86. The fraction of sp³-hybridized carbons (Fsp3) is 0.545. The van der Waals surface area contributed by atoms with Crippen molar-refractivity contribution in [3.8, 4) is 0 Å². The second-order valence-electron chi connectivity index (χ2n) is 3.18. The number of nitrogens with zero attached hydrogens (tertiary/aromatic N) is 1. The van der Waals surface area contributed by atoms with Gasteiger partial charge in [-0.3, -0.25) is 14.6 Å². The van der Waals surface area contributed by atoms with Crippen molar-refractivity contribution in [2.24, 2.45) is 4.99 Å². The predicted molar refractivity (Wildman–Crippen MR) is 64.2 cm³/mol.